The highest BCUT2D eigenvalue weighted by Gasteiger charge is 2.69. The Balaban J connectivity index is 2.06. The summed E-state index contributed by atoms with van der Waals surface area (Å²) < 4.78 is 0. The molecule has 4 amide bonds. The maximum atomic E-state index is 13.0. The molecular weight excluding hydrogens is 318 g/mol. The van der Waals surface area contributed by atoms with Crippen LogP contribution in [0, 0.1) is 0 Å². The predicted octanol–water partition coefficient (Wildman–Crippen LogP) is 1.51. The molecule has 128 valence electrons. The van der Waals surface area contributed by atoms with E-state index in [1.54, 1.807) is 23.9 Å². The van der Waals surface area contributed by atoms with Crippen molar-refractivity contribution < 1.29 is 9.59 Å². The fourth-order valence-electron chi connectivity index (χ4n) is 4.00. The first kappa shape index (κ1) is 15.5. The van der Waals surface area contributed by atoms with E-state index in [2.05, 4.69) is 16.2 Å². The van der Waals surface area contributed by atoms with Gasteiger partial charge in [-0.3, -0.25) is 15.2 Å². The lowest BCUT2D eigenvalue weighted by Gasteiger charge is -2.52. The highest BCUT2D eigenvalue weighted by molar-refractivity contribution is 5.85. The van der Waals surface area contributed by atoms with Crippen LogP contribution in [-0.4, -0.2) is 36.0 Å². The molecule has 2 fully saturated rings. The number of fused-ring (bicyclic) bond motifs is 1. The highest BCUT2D eigenvalue weighted by Crippen LogP contribution is 2.50. The van der Waals surface area contributed by atoms with Crippen LogP contribution in [0.1, 0.15) is 11.1 Å². The molecule has 0 radical (unpaired) electrons. The van der Waals surface area contributed by atoms with Gasteiger partial charge in [0.05, 0.1) is 0 Å². The Bertz CT molecular complexity index is 828. The average Bonchev–Trinajstić information content (AvgIpc) is 2.83. The van der Waals surface area contributed by atoms with Crippen LogP contribution in [-0.2, 0) is 11.3 Å². The third kappa shape index (κ3) is 1.78. The molecule has 3 N–H and O–H groups in total. The largest absolute Gasteiger partial charge is 0.331 e. The molecule has 0 saturated carbocycles. The van der Waals surface area contributed by atoms with Gasteiger partial charge in [0.25, 0.3) is 0 Å². The van der Waals surface area contributed by atoms with E-state index < -0.39 is 17.4 Å². The van der Waals surface area contributed by atoms with Gasteiger partial charge in [-0.05, 0) is 5.56 Å². The predicted molar refractivity (Wildman–Crippen MR) is 92.0 cm³/mol. The zero-order chi connectivity index (χ0) is 17.7. The lowest BCUT2D eigenvalue weighted by Crippen LogP contribution is -2.79. The third-order valence-corrected chi connectivity index (χ3v) is 5.14. The number of hydrazine groups is 1. The summed E-state index contributed by atoms with van der Waals surface area (Å²) in [6, 6.07) is 18.5. The molecule has 25 heavy (non-hydrogen) atoms. The molecule has 2 aromatic rings. The van der Waals surface area contributed by atoms with Crippen LogP contribution >= 0.6 is 0 Å². The zero-order valence-electron chi connectivity index (χ0n) is 14.0. The minimum Gasteiger partial charge on any atom is -0.306 e. The van der Waals surface area contributed by atoms with Crippen molar-refractivity contribution in [1.82, 2.24) is 26.0 Å². The molecule has 2 saturated heterocycles. The van der Waals surface area contributed by atoms with Gasteiger partial charge < -0.3 is 5.32 Å². The van der Waals surface area contributed by atoms with Crippen molar-refractivity contribution in [2.24, 2.45) is 0 Å². The Labute approximate surface area is 145 Å². The van der Waals surface area contributed by atoms with Gasteiger partial charge in [0, 0.05) is 19.7 Å². The van der Waals surface area contributed by atoms with Crippen molar-refractivity contribution in [3.05, 3.63) is 71.8 Å². The Morgan fingerprint density at radius 2 is 1.24 bits per heavy atom. The number of likely N-dealkylation sites (N-methyl/N-ethyl adjacent to an activating group) is 2. The number of amides is 4. The molecule has 4 rings (SSSR count). The molecule has 2 atom stereocenters. The Morgan fingerprint density at radius 3 is 1.80 bits per heavy atom. The first-order chi connectivity index (χ1) is 12.0. The van der Waals surface area contributed by atoms with Crippen LogP contribution in [0.5, 0.6) is 0 Å². The van der Waals surface area contributed by atoms with E-state index in [-0.39, 0.29) is 6.03 Å². The summed E-state index contributed by atoms with van der Waals surface area (Å²) >= 11 is 0. The molecule has 0 unspecified atom stereocenters. The Morgan fingerprint density at radius 1 is 0.760 bits per heavy atom. The first-order valence-corrected chi connectivity index (χ1v) is 8.02. The van der Waals surface area contributed by atoms with Crippen molar-refractivity contribution in [3.8, 4) is 0 Å². The SMILES string of the molecule is CN1C(=O)N(C)[C@]2(c3ccccc3)NNC(=O)N[C@]12c1ccccc1. The zero-order valence-corrected chi connectivity index (χ0v) is 14.0. The van der Waals surface area contributed by atoms with Crippen molar-refractivity contribution in [3.63, 3.8) is 0 Å². The molecule has 2 aliphatic heterocycles. The number of rotatable bonds is 2. The van der Waals surface area contributed by atoms with Crippen molar-refractivity contribution in [1.29, 1.82) is 0 Å². The standard InChI is InChI=1S/C18H19N5O2/c1-22-16(25)23(2)18(14-11-7-4-8-12-14)17(22,19-15(24)20-21-18)13-9-5-3-6-10-13/h3-12,21H,1-2H3,(H2,19,20,24)/t17-,18+/m1/s1. The molecule has 2 aliphatic rings. The first-order valence-electron chi connectivity index (χ1n) is 8.02. The molecule has 2 heterocycles. The number of carbonyl (C=O) groups is 2. The molecule has 0 bridgehead atoms. The number of nitrogens with zero attached hydrogens (tertiary/aromatic N) is 2. The van der Waals surface area contributed by atoms with E-state index in [1.165, 1.54) is 0 Å². The van der Waals surface area contributed by atoms with E-state index in [9.17, 15) is 9.59 Å². The summed E-state index contributed by atoms with van der Waals surface area (Å²) in [5.41, 5.74) is 5.28. The second-order valence-electron chi connectivity index (χ2n) is 6.26. The third-order valence-electron chi connectivity index (χ3n) is 5.14. The number of hydrogen-bond acceptors (Lipinski definition) is 3. The quantitative estimate of drug-likeness (QED) is 0.777. The van der Waals surface area contributed by atoms with Crippen LogP contribution in [0.25, 0.3) is 0 Å². The van der Waals surface area contributed by atoms with Gasteiger partial charge in [0.2, 0.25) is 0 Å². The minimum absolute atomic E-state index is 0.204. The van der Waals surface area contributed by atoms with Gasteiger partial charge in [-0.2, -0.15) is 5.43 Å². The summed E-state index contributed by atoms with van der Waals surface area (Å²) in [6.07, 6.45) is 0. The second kappa shape index (κ2) is 5.22. The smallest absolute Gasteiger partial charge is 0.306 e. The van der Waals surface area contributed by atoms with E-state index in [0.717, 1.165) is 11.1 Å². The van der Waals surface area contributed by atoms with E-state index in [4.69, 9.17) is 0 Å². The van der Waals surface area contributed by atoms with Crippen LogP contribution in [0.2, 0.25) is 0 Å². The maximum Gasteiger partial charge on any atom is 0.331 e. The number of benzene rings is 2. The fraction of sp³-hybridized carbons (Fsp3) is 0.222. The minimum atomic E-state index is -1.11. The van der Waals surface area contributed by atoms with Crippen molar-refractivity contribution in [2.45, 2.75) is 11.3 Å². The molecular formula is C18H19N5O2. The molecule has 0 spiro atoms. The summed E-state index contributed by atoms with van der Waals surface area (Å²) in [6.45, 7) is 0. The lowest BCUT2D eigenvalue weighted by atomic mass is 9.80. The molecule has 0 aliphatic carbocycles. The van der Waals surface area contributed by atoms with E-state index >= 15 is 0 Å². The van der Waals surface area contributed by atoms with Gasteiger partial charge >= 0.3 is 12.1 Å². The van der Waals surface area contributed by atoms with E-state index in [1.807, 2.05) is 60.7 Å². The Kier molecular flexibility index (Phi) is 3.23. The number of carbonyl (C=O) groups excluding carboxylic acids is 2. The van der Waals surface area contributed by atoms with Gasteiger partial charge in [-0.25, -0.2) is 9.59 Å². The van der Waals surface area contributed by atoms with Gasteiger partial charge in [0.15, 0.2) is 11.3 Å². The Hall–Kier alpha value is -3.06. The van der Waals surface area contributed by atoms with Gasteiger partial charge in [0.1, 0.15) is 0 Å². The lowest BCUT2D eigenvalue weighted by molar-refractivity contribution is -0.0199. The number of hydrogen-bond donors (Lipinski definition) is 3. The normalized spacial score (nSPS) is 28.4. The fourth-order valence-corrected chi connectivity index (χ4v) is 4.00. The van der Waals surface area contributed by atoms with Crippen LogP contribution in [0.4, 0.5) is 9.59 Å². The number of nitrogens with one attached hydrogen (secondary N) is 3. The van der Waals surface area contributed by atoms with Gasteiger partial charge in [-0.1, -0.05) is 60.7 Å². The average molecular weight is 337 g/mol. The second-order valence-corrected chi connectivity index (χ2v) is 6.26. The van der Waals surface area contributed by atoms with Crippen molar-refractivity contribution in [2.75, 3.05) is 14.1 Å². The monoisotopic (exact) mass is 337 g/mol. The van der Waals surface area contributed by atoms with Crippen LogP contribution < -0.4 is 16.2 Å². The molecule has 0 aromatic heterocycles. The van der Waals surface area contributed by atoms with Crippen molar-refractivity contribution >= 4 is 12.1 Å². The highest BCUT2D eigenvalue weighted by atomic mass is 16.2. The topological polar surface area (TPSA) is 76.7 Å². The van der Waals surface area contributed by atoms with Gasteiger partial charge in [-0.15, -0.1) is 0 Å². The maximum absolute atomic E-state index is 13.0. The summed E-state index contributed by atoms with van der Waals surface area (Å²) in [5.74, 6) is 0. The molecule has 2 aromatic carbocycles. The van der Waals surface area contributed by atoms with E-state index in [0.29, 0.717) is 0 Å². The summed E-state index contributed by atoms with van der Waals surface area (Å²) in [5, 5.41) is 3.01. The summed E-state index contributed by atoms with van der Waals surface area (Å²) in [7, 11) is 3.42. The molecule has 7 heteroatoms. The van der Waals surface area contributed by atoms with Crippen LogP contribution in [0.3, 0.4) is 0 Å². The number of urea groups is 2. The summed E-state index contributed by atoms with van der Waals surface area (Å²) in [4.78, 5) is 28.4. The van der Waals surface area contributed by atoms with Crippen LogP contribution in [0.15, 0.2) is 60.7 Å². The molecule has 7 nitrogen and oxygen atoms in total.